The van der Waals surface area contributed by atoms with Crippen LogP contribution in [0, 0.1) is 0 Å². The van der Waals surface area contributed by atoms with Gasteiger partial charge in [-0.15, -0.1) is 5.10 Å². The predicted octanol–water partition coefficient (Wildman–Crippen LogP) is 1.36. The molecule has 0 aliphatic carbocycles. The molecule has 0 saturated heterocycles. The third kappa shape index (κ3) is 5.57. The lowest BCUT2D eigenvalue weighted by Crippen LogP contribution is -2.22. The average Bonchev–Trinajstić information content (AvgIpc) is 3.17. The molecular formula is C18H27FN4O4S. The molecule has 2 rings (SSSR count). The molecule has 1 N–H and O–H groups in total. The second kappa shape index (κ2) is 10.6. The van der Waals surface area contributed by atoms with Gasteiger partial charge < -0.3 is 14.8 Å². The lowest BCUT2D eigenvalue weighted by atomic mass is 10.0. The first-order chi connectivity index (χ1) is 13.5. The lowest BCUT2D eigenvalue weighted by Gasteiger charge is -2.24. The van der Waals surface area contributed by atoms with Crippen LogP contribution in [0.15, 0.2) is 35.4 Å². The van der Waals surface area contributed by atoms with E-state index in [4.69, 9.17) is 9.47 Å². The van der Waals surface area contributed by atoms with Gasteiger partial charge >= 0.3 is 0 Å². The molecule has 28 heavy (non-hydrogen) atoms. The maximum Gasteiger partial charge on any atom is 0.180 e. The minimum Gasteiger partial charge on any atom is -0.384 e. The molecular weight excluding hydrogens is 387 g/mol. The van der Waals surface area contributed by atoms with Gasteiger partial charge in [-0.25, -0.2) is 17.5 Å². The van der Waals surface area contributed by atoms with Crippen molar-refractivity contribution in [2.24, 2.45) is 0 Å². The van der Waals surface area contributed by atoms with E-state index in [9.17, 15) is 12.8 Å². The number of aromatic nitrogens is 3. The maximum atomic E-state index is 13.8. The number of nitrogens with zero attached hydrogens (tertiary/aromatic N) is 3. The smallest absolute Gasteiger partial charge is 0.180 e. The zero-order valence-electron chi connectivity index (χ0n) is 16.3. The molecule has 0 bridgehead atoms. The molecule has 0 aliphatic heterocycles. The second-order valence-electron chi connectivity index (χ2n) is 6.30. The molecule has 2 atom stereocenters. The summed E-state index contributed by atoms with van der Waals surface area (Å²) in [5.41, 5.74) is 1.41. The number of alkyl halides is 1. The minimum atomic E-state index is -3.43. The van der Waals surface area contributed by atoms with E-state index in [0.29, 0.717) is 12.0 Å². The molecule has 8 nitrogen and oxygen atoms in total. The largest absolute Gasteiger partial charge is 0.384 e. The van der Waals surface area contributed by atoms with Crippen LogP contribution in [0.2, 0.25) is 0 Å². The molecule has 1 heterocycles. The standard InChI is InChI=1S/C18H27FN4O4S/c1-20-9-8-15-13-23(22-21-15)17(12-19)18(27-3)14-4-6-16(7-5-14)28(24,25)11-10-26-2/h4-7,13,17-18,20H,8-12H2,1-3H3/t17-,18?/m1/s1. The summed E-state index contributed by atoms with van der Waals surface area (Å²) >= 11 is 0. The summed E-state index contributed by atoms with van der Waals surface area (Å²) < 4.78 is 50.1. The molecule has 1 aromatic heterocycles. The van der Waals surface area contributed by atoms with E-state index >= 15 is 0 Å². The van der Waals surface area contributed by atoms with Gasteiger partial charge in [0.15, 0.2) is 9.84 Å². The molecule has 1 unspecified atom stereocenters. The van der Waals surface area contributed by atoms with Crippen LogP contribution in [-0.4, -0.2) is 70.3 Å². The van der Waals surface area contributed by atoms with Crippen LogP contribution in [0.3, 0.4) is 0 Å². The molecule has 0 saturated carbocycles. The zero-order chi connectivity index (χ0) is 20.6. The van der Waals surface area contributed by atoms with Crippen molar-refractivity contribution in [2.45, 2.75) is 23.5 Å². The Morgan fingerprint density at radius 3 is 2.54 bits per heavy atom. The van der Waals surface area contributed by atoms with E-state index in [-0.39, 0.29) is 17.3 Å². The van der Waals surface area contributed by atoms with E-state index in [1.807, 2.05) is 7.05 Å². The van der Waals surface area contributed by atoms with Crippen LogP contribution < -0.4 is 5.32 Å². The van der Waals surface area contributed by atoms with Crippen LogP contribution in [0.25, 0.3) is 0 Å². The summed E-state index contributed by atoms with van der Waals surface area (Å²) in [6, 6.07) is 5.56. The Morgan fingerprint density at radius 2 is 1.96 bits per heavy atom. The van der Waals surface area contributed by atoms with Gasteiger partial charge in [-0.05, 0) is 24.7 Å². The molecule has 2 aromatic rings. The highest BCUT2D eigenvalue weighted by Gasteiger charge is 2.27. The van der Waals surface area contributed by atoms with Gasteiger partial charge in [0, 0.05) is 33.4 Å². The van der Waals surface area contributed by atoms with Crippen molar-refractivity contribution in [1.29, 1.82) is 0 Å². The number of methoxy groups -OCH3 is 2. The van der Waals surface area contributed by atoms with E-state index in [2.05, 4.69) is 15.6 Å². The lowest BCUT2D eigenvalue weighted by molar-refractivity contribution is 0.0400. The number of hydrogen-bond donors (Lipinski definition) is 1. The Balaban J connectivity index is 2.21. The maximum absolute atomic E-state index is 13.8. The van der Waals surface area contributed by atoms with Gasteiger partial charge in [0.05, 0.1) is 22.9 Å². The van der Waals surface area contributed by atoms with Crippen LogP contribution in [-0.2, 0) is 25.7 Å². The number of hydrogen-bond acceptors (Lipinski definition) is 7. The summed E-state index contributed by atoms with van der Waals surface area (Å²) in [7, 11) is 1.35. The van der Waals surface area contributed by atoms with E-state index in [0.717, 1.165) is 12.2 Å². The minimum absolute atomic E-state index is 0.0992. The number of ether oxygens (including phenoxy) is 2. The molecule has 156 valence electrons. The summed E-state index contributed by atoms with van der Waals surface area (Å²) in [6.07, 6.45) is 1.75. The fourth-order valence-electron chi connectivity index (χ4n) is 2.82. The van der Waals surface area contributed by atoms with E-state index in [1.54, 1.807) is 18.3 Å². The molecule has 0 radical (unpaired) electrons. The van der Waals surface area contributed by atoms with Gasteiger partial charge in [0.2, 0.25) is 0 Å². The number of rotatable bonds is 12. The summed E-state index contributed by atoms with van der Waals surface area (Å²) in [6.45, 7) is 0.157. The van der Waals surface area contributed by atoms with Crippen molar-refractivity contribution < 1.29 is 22.3 Å². The van der Waals surface area contributed by atoms with Crippen LogP contribution in [0.5, 0.6) is 0 Å². The quantitative estimate of drug-likeness (QED) is 0.560. The van der Waals surface area contributed by atoms with Gasteiger partial charge in [-0.2, -0.15) is 0 Å². The number of sulfone groups is 1. The first-order valence-electron chi connectivity index (χ1n) is 8.92. The first-order valence-corrected chi connectivity index (χ1v) is 10.6. The molecule has 0 amide bonds. The highest BCUT2D eigenvalue weighted by Crippen LogP contribution is 2.30. The molecule has 10 heteroatoms. The van der Waals surface area contributed by atoms with E-state index < -0.39 is 28.7 Å². The van der Waals surface area contributed by atoms with Gasteiger partial charge in [-0.1, -0.05) is 17.3 Å². The van der Waals surface area contributed by atoms with Gasteiger partial charge in [0.1, 0.15) is 18.8 Å². The van der Waals surface area contributed by atoms with Crippen molar-refractivity contribution in [2.75, 3.05) is 46.8 Å². The number of benzene rings is 1. The Morgan fingerprint density at radius 1 is 1.25 bits per heavy atom. The Bertz CT molecular complexity index is 826. The Labute approximate surface area is 165 Å². The second-order valence-corrected chi connectivity index (χ2v) is 8.41. The van der Waals surface area contributed by atoms with Gasteiger partial charge in [-0.3, -0.25) is 0 Å². The average molecular weight is 415 g/mol. The number of halogens is 1. The van der Waals surface area contributed by atoms with Crippen molar-refractivity contribution in [1.82, 2.24) is 20.3 Å². The fraction of sp³-hybridized carbons (Fsp3) is 0.556. The SMILES string of the molecule is CNCCc1cn([C@H](CF)C(OC)c2ccc(S(=O)(=O)CCOC)cc2)nn1. The highest BCUT2D eigenvalue weighted by molar-refractivity contribution is 7.91. The summed E-state index contributed by atoms with van der Waals surface area (Å²) in [4.78, 5) is 0.190. The summed E-state index contributed by atoms with van der Waals surface area (Å²) in [5, 5.41) is 11.1. The fourth-order valence-corrected chi connectivity index (χ4v) is 4.00. The van der Waals surface area contributed by atoms with Gasteiger partial charge in [0.25, 0.3) is 0 Å². The van der Waals surface area contributed by atoms with Crippen LogP contribution in [0.4, 0.5) is 4.39 Å². The van der Waals surface area contributed by atoms with Crippen molar-refractivity contribution in [3.05, 3.63) is 41.7 Å². The molecule has 0 fully saturated rings. The number of likely N-dealkylation sites (N-methyl/N-ethyl adjacent to an activating group) is 1. The Hall–Kier alpha value is -1.88. The Kier molecular flexibility index (Phi) is 8.49. The molecule has 0 aliphatic rings. The van der Waals surface area contributed by atoms with E-state index in [1.165, 1.54) is 31.0 Å². The van der Waals surface area contributed by atoms with Crippen molar-refractivity contribution in [3.8, 4) is 0 Å². The van der Waals surface area contributed by atoms with Crippen LogP contribution in [0.1, 0.15) is 23.4 Å². The normalized spacial score (nSPS) is 14.1. The topological polar surface area (TPSA) is 95.3 Å². The van der Waals surface area contributed by atoms with Crippen molar-refractivity contribution >= 4 is 9.84 Å². The highest BCUT2D eigenvalue weighted by atomic mass is 32.2. The summed E-state index contributed by atoms with van der Waals surface area (Å²) in [5.74, 6) is -0.0992. The van der Waals surface area contributed by atoms with Crippen molar-refractivity contribution in [3.63, 3.8) is 0 Å². The monoisotopic (exact) mass is 414 g/mol. The van der Waals surface area contributed by atoms with Crippen LogP contribution >= 0.6 is 0 Å². The number of nitrogens with one attached hydrogen (secondary N) is 1. The molecule has 0 spiro atoms. The zero-order valence-corrected chi connectivity index (χ0v) is 17.2. The third-order valence-corrected chi connectivity index (χ3v) is 6.11. The molecule has 1 aromatic carbocycles. The third-order valence-electron chi connectivity index (χ3n) is 4.41. The predicted molar refractivity (Wildman–Crippen MR) is 103 cm³/mol. The first kappa shape index (κ1) is 22.4.